The van der Waals surface area contributed by atoms with Gasteiger partial charge in [-0.1, -0.05) is 18.2 Å². The summed E-state index contributed by atoms with van der Waals surface area (Å²) < 4.78 is 5.70. The minimum absolute atomic E-state index is 0.209. The number of nitrogens with one attached hydrogen (secondary N) is 3. The average Bonchev–Trinajstić information content (AvgIpc) is 3.56. The first kappa shape index (κ1) is 22.8. The number of fused-ring (bicyclic) bond motifs is 4. The lowest BCUT2D eigenvalue weighted by atomic mass is 9.91. The third kappa shape index (κ3) is 3.88. The number of H-pyrrole nitrogens is 1. The molecule has 3 aromatic heterocycles. The Morgan fingerprint density at radius 1 is 1.11 bits per heavy atom. The summed E-state index contributed by atoms with van der Waals surface area (Å²) in [5.74, 6) is -0.315. The van der Waals surface area contributed by atoms with Gasteiger partial charge in [-0.15, -0.1) is 0 Å². The van der Waals surface area contributed by atoms with E-state index in [0.717, 1.165) is 38.9 Å². The van der Waals surface area contributed by atoms with Crippen LogP contribution >= 0.6 is 0 Å². The normalized spacial score (nSPS) is 17.1. The quantitative estimate of drug-likeness (QED) is 0.337. The molecule has 2 aromatic carbocycles. The van der Waals surface area contributed by atoms with Gasteiger partial charge in [-0.05, 0) is 42.8 Å². The van der Waals surface area contributed by atoms with Crippen LogP contribution in [0, 0.1) is 0 Å². The molecule has 9 nitrogen and oxygen atoms in total. The molecule has 0 saturated carbocycles. The van der Waals surface area contributed by atoms with Crippen LogP contribution in [0.5, 0.6) is 0 Å². The van der Waals surface area contributed by atoms with Crippen LogP contribution in [-0.4, -0.2) is 44.8 Å². The van der Waals surface area contributed by atoms with Crippen LogP contribution in [0.3, 0.4) is 0 Å². The summed E-state index contributed by atoms with van der Waals surface area (Å²) in [6.45, 7) is 2.31. The van der Waals surface area contributed by atoms with Crippen molar-refractivity contribution in [3.05, 3.63) is 89.8 Å². The molecule has 1 aliphatic rings. The molecule has 2 atom stereocenters. The fraction of sp³-hybridized carbons (Fsp3) is 0.214. The molecule has 4 heterocycles. The largest absolute Gasteiger partial charge is 0.459 e. The molecule has 37 heavy (non-hydrogen) atoms. The summed E-state index contributed by atoms with van der Waals surface area (Å²) in [5.41, 5.74) is 6.15. The molecule has 9 heteroatoms. The van der Waals surface area contributed by atoms with Gasteiger partial charge in [0, 0.05) is 60.3 Å². The molecule has 6 rings (SSSR count). The molecule has 0 fully saturated rings. The average molecular weight is 495 g/mol. The number of likely N-dealkylation sites (N-methyl/N-ethyl adjacent to an activating group) is 1. The Morgan fingerprint density at radius 3 is 2.76 bits per heavy atom. The first-order valence-electron chi connectivity index (χ1n) is 12.2. The van der Waals surface area contributed by atoms with Crippen LogP contribution < -0.4 is 10.6 Å². The van der Waals surface area contributed by atoms with Gasteiger partial charge in [-0.3, -0.25) is 19.6 Å². The zero-order chi connectivity index (χ0) is 25.5. The van der Waals surface area contributed by atoms with E-state index < -0.39 is 6.04 Å². The Morgan fingerprint density at radius 2 is 1.92 bits per heavy atom. The molecule has 2 amide bonds. The second-order valence-corrected chi connectivity index (χ2v) is 9.17. The molecule has 1 aliphatic heterocycles. The predicted molar refractivity (Wildman–Crippen MR) is 140 cm³/mol. The van der Waals surface area contributed by atoms with E-state index in [2.05, 4.69) is 25.6 Å². The van der Waals surface area contributed by atoms with Crippen molar-refractivity contribution in [2.45, 2.75) is 32.0 Å². The van der Waals surface area contributed by atoms with Crippen molar-refractivity contribution in [2.75, 3.05) is 12.4 Å². The molecule has 0 radical (unpaired) electrons. The minimum Gasteiger partial charge on any atom is -0.459 e. The number of nitrogens with zero attached hydrogens (tertiary/aromatic N) is 3. The van der Waals surface area contributed by atoms with Gasteiger partial charge in [-0.2, -0.15) is 0 Å². The van der Waals surface area contributed by atoms with E-state index in [1.807, 2.05) is 49.4 Å². The van der Waals surface area contributed by atoms with Crippen molar-refractivity contribution in [1.82, 2.24) is 25.2 Å². The Kier molecular flexibility index (Phi) is 5.60. The number of benzene rings is 2. The second-order valence-electron chi connectivity index (χ2n) is 9.17. The number of aromatic nitrogens is 3. The molecule has 0 bridgehead atoms. The number of anilines is 1. The number of amides is 2. The van der Waals surface area contributed by atoms with E-state index in [-0.39, 0.29) is 23.6 Å². The highest BCUT2D eigenvalue weighted by Gasteiger charge is 2.42. The van der Waals surface area contributed by atoms with E-state index in [9.17, 15) is 9.59 Å². The highest BCUT2D eigenvalue weighted by Crippen LogP contribution is 2.38. The molecule has 5 aromatic rings. The lowest BCUT2D eigenvalue weighted by Crippen LogP contribution is -2.53. The number of hydrogen-bond acceptors (Lipinski definition) is 6. The number of aromatic amines is 1. The summed E-state index contributed by atoms with van der Waals surface area (Å²) in [6.07, 6.45) is 5.24. The molecule has 3 N–H and O–H groups in total. The third-order valence-electron chi connectivity index (χ3n) is 7.09. The SMILES string of the molecule is CNC(=O)C1Cc2c([nH]c3ccccc23)[C@@H](C)N1C(=O)c1occc1CNc1ccc2nccnc2c1. The number of para-hydroxylation sites is 1. The van der Waals surface area contributed by atoms with Crippen LogP contribution in [0.4, 0.5) is 5.69 Å². The number of carbonyl (C=O) groups excluding carboxylic acids is 2. The fourth-order valence-electron chi connectivity index (χ4n) is 5.25. The number of hydrogen-bond donors (Lipinski definition) is 3. The second kappa shape index (κ2) is 9.09. The summed E-state index contributed by atoms with van der Waals surface area (Å²) in [4.78, 5) is 40.7. The zero-order valence-corrected chi connectivity index (χ0v) is 20.5. The maximum Gasteiger partial charge on any atom is 0.291 e. The van der Waals surface area contributed by atoms with Crippen LogP contribution in [0.15, 0.2) is 71.6 Å². The van der Waals surface area contributed by atoms with Gasteiger partial charge in [0.15, 0.2) is 5.76 Å². The Labute approximate surface area is 212 Å². The smallest absolute Gasteiger partial charge is 0.291 e. The van der Waals surface area contributed by atoms with Crippen molar-refractivity contribution >= 4 is 39.4 Å². The van der Waals surface area contributed by atoms with Crippen molar-refractivity contribution in [2.24, 2.45) is 0 Å². The van der Waals surface area contributed by atoms with Gasteiger partial charge in [0.1, 0.15) is 6.04 Å². The lowest BCUT2D eigenvalue weighted by Gasteiger charge is -2.39. The van der Waals surface area contributed by atoms with Crippen molar-refractivity contribution in [3.63, 3.8) is 0 Å². The third-order valence-corrected chi connectivity index (χ3v) is 7.09. The highest BCUT2D eigenvalue weighted by atomic mass is 16.3. The first-order valence-corrected chi connectivity index (χ1v) is 12.2. The minimum atomic E-state index is -0.663. The molecule has 0 aliphatic carbocycles. The summed E-state index contributed by atoms with van der Waals surface area (Å²) in [7, 11) is 1.59. The predicted octanol–water partition coefficient (Wildman–Crippen LogP) is 4.19. The maximum absolute atomic E-state index is 13.9. The molecule has 0 spiro atoms. The number of furan rings is 1. The van der Waals surface area contributed by atoms with Crippen LogP contribution in [-0.2, 0) is 17.8 Å². The van der Waals surface area contributed by atoms with E-state index in [1.54, 1.807) is 30.4 Å². The number of carbonyl (C=O) groups is 2. The molecular weight excluding hydrogens is 468 g/mol. The van der Waals surface area contributed by atoms with Crippen LogP contribution in [0.25, 0.3) is 21.9 Å². The zero-order valence-electron chi connectivity index (χ0n) is 20.5. The highest BCUT2D eigenvalue weighted by molar-refractivity contribution is 5.98. The van der Waals surface area contributed by atoms with Gasteiger partial charge in [0.2, 0.25) is 5.91 Å². The van der Waals surface area contributed by atoms with Gasteiger partial charge in [-0.25, -0.2) is 0 Å². The lowest BCUT2D eigenvalue weighted by molar-refractivity contribution is -0.126. The van der Waals surface area contributed by atoms with Gasteiger partial charge < -0.3 is 24.9 Å². The van der Waals surface area contributed by atoms with Crippen molar-refractivity contribution < 1.29 is 14.0 Å². The van der Waals surface area contributed by atoms with Gasteiger partial charge in [0.25, 0.3) is 5.91 Å². The van der Waals surface area contributed by atoms with E-state index in [4.69, 9.17) is 4.42 Å². The summed E-state index contributed by atoms with van der Waals surface area (Å²) in [5, 5.41) is 7.16. The monoisotopic (exact) mass is 494 g/mol. The van der Waals surface area contributed by atoms with Crippen molar-refractivity contribution in [3.8, 4) is 0 Å². The maximum atomic E-state index is 13.9. The topological polar surface area (TPSA) is 116 Å². The molecule has 1 unspecified atom stereocenters. The van der Waals surface area contributed by atoms with E-state index >= 15 is 0 Å². The Bertz CT molecular complexity index is 1640. The molecule has 186 valence electrons. The van der Waals surface area contributed by atoms with Crippen LogP contribution in [0.2, 0.25) is 0 Å². The van der Waals surface area contributed by atoms with E-state index in [1.165, 1.54) is 6.26 Å². The summed E-state index contributed by atoms with van der Waals surface area (Å²) >= 11 is 0. The molecule has 0 saturated heterocycles. The number of rotatable bonds is 5. The van der Waals surface area contributed by atoms with Gasteiger partial charge >= 0.3 is 0 Å². The first-order chi connectivity index (χ1) is 18.0. The van der Waals surface area contributed by atoms with Gasteiger partial charge in [0.05, 0.1) is 23.3 Å². The van der Waals surface area contributed by atoms with E-state index in [0.29, 0.717) is 18.5 Å². The fourth-order valence-corrected chi connectivity index (χ4v) is 5.25. The molecular formula is C28H26N6O3. The van der Waals surface area contributed by atoms with Crippen LogP contribution in [0.1, 0.15) is 40.3 Å². The summed E-state index contributed by atoms with van der Waals surface area (Å²) in [6, 6.07) is 14.5. The Balaban J connectivity index is 1.30. The standard InChI is InChI=1S/C28H26N6O3/c1-16-25-20(19-5-3-4-6-21(19)33-25)14-24(27(35)29-2)34(16)28(36)26-17(9-12-37-26)15-32-18-7-8-22-23(13-18)31-11-10-30-22/h3-13,16,24,32-33H,14-15H2,1-2H3,(H,29,35)/t16-,24?/m1/s1. The Hall–Kier alpha value is -4.66. The van der Waals surface area contributed by atoms with Crippen molar-refractivity contribution in [1.29, 1.82) is 0 Å².